The summed E-state index contributed by atoms with van der Waals surface area (Å²) in [6.07, 6.45) is 1.71. The Morgan fingerprint density at radius 1 is 1.24 bits per heavy atom. The second kappa shape index (κ2) is 10.4. The van der Waals surface area contributed by atoms with Crippen molar-refractivity contribution in [2.75, 3.05) is 63.2 Å². The highest BCUT2D eigenvalue weighted by Crippen LogP contribution is 2.43. The Bertz CT molecular complexity index is 1270. The molecule has 1 atom stereocenters. The number of ether oxygens (including phenoxy) is 2. The van der Waals surface area contributed by atoms with Gasteiger partial charge in [-0.2, -0.15) is 10.2 Å². The van der Waals surface area contributed by atoms with Crippen LogP contribution in [0.3, 0.4) is 0 Å². The minimum atomic E-state index is -0.603. The molecule has 2 aromatic rings. The lowest BCUT2D eigenvalue weighted by Gasteiger charge is -2.44. The van der Waals surface area contributed by atoms with E-state index in [1.165, 1.54) is 0 Å². The molecular weight excluding hydrogens is 550 g/mol. The highest BCUT2D eigenvalue weighted by atomic mass is 79.9. The topological polar surface area (TPSA) is 98.1 Å². The van der Waals surface area contributed by atoms with E-state index in [4.69, 9.17) is 19.4 Å². The van der Waals surface area contributed by atoms with Crippen LogP contribution >= 0.6 is 15.9 Å². The van der Waals surface area contributed by atoms with Crippen molar-refractivity contribution in [1.29, 1.82) is 5.26 Å². The van der Waals surface area contributed by atoms with Crippen molar-refractivity contribution in [3.8, 4) is 11.8 Å². The Morgan fingerprint density at radius 2 is 2.00 bits per heavy atom. The van der Waals surface area contributed by atoms with Gasteiger partial charge in [-0.05, 0) is 53.8 Å². The van der Waals surface area contributed by atoms with E-state index in [1.807, 2.05) is 20.8 Å². The summed E-state index contributed by atoms with van der Waals surface area (Å²) in [5, 5.41) is 10.5. The van der Waals surface area contributed by atoms with E-state index in [2.05, 4.69) is 56.9 Å². The zero-order valence-electron chi connectivity index (χ0n) is 22.8. The minimum Gasteiger partial charge on any atom is -0.492 e. The lowest BCUT2D eigenvalue weighted by atomic mass is 10.0. The van der Waals surface area contributed by atoms with Crippen molar-refractivity contribution in [3.05, 3.63) is 16.1 Å². The minimum absolute atomic E-state index is 0.211. The van der Waals surface area contributed by atoms with Gasteiger partial charge in [0.1, 0.15) is 17.2 Å². The summed E-state index contributed by atoms with van der Waals surface area (Å²) in [6, 6.07) is 4.49. The van der Waals surface area contributed by atoms with Crippen molar-refractivity contribution < 1.29 is 14.3 Å². The molecule has 0 saturated carbocycles. The zero-order chi connectivity index (χ0) is 27.2. The largest absolute Gasteiger partial charge is 0.492 e. The van der Waals surface area contributed by atoms with Gasteiger partial charge in [0.15, 0.2) is 0 Å². The van der Waals surface area contributed by atoms with E-state index >= 15 is 0 Å². The smallest absolute Gasteiger partial charge is 0.410 e. The molecule has 10 nitrogen and oxygen atoms in total. The SMILES string of the molecule is CN(C)C1CN(c2nc(N3CCN(C(=O)OC(C)(C)C)[C@@H](CC#N)C3)c3c4c(c(Br)cc3n2)CCCO4)C1. The van der Waals surface area contributed by atoms with Gasteiger partial charge in [0, 0.05) is 48.8 Å². The Hall–Kier alpha value is -2.84. The number of benzene rings is 1. The first kappa shape index (κ1) is 26.8. The molecule has 0 unspecified atom stereocenters. The van der Waals surface area contributed by atoms with Crippen LogP contribution < -0.4 is 14.5 Å². The van der Waals surface area contributed by atoms with E-state index < -0.39 is 5.60 Å². The van der Waals surface area contributed by atoms with Gasteiger partial charge in [-0.3, -0.25) is 0 Å². The number of aromatic nitrogens is 2. The van der Waals surface area contributed by atoms with Crippen LogP contribution in [0.2, 0.25) is 0 Å². The molecule has 4 heterocycles. The lowest BCUT2D eigenvalue weighted by molar-refractivity contribution is 0.0145. The van der Waals surface area contributed by atoms with Crippen LogP contribution in [0.1, 0.15) is 39.2 Å². The third-order valence-corrected chi connectivity index (χ3v) is 8.10. The van der Waals surface area contributed by atoms with Crippen LogP contribution in [0, 0.1) is 11.3 Å². The number of hydrogen-bond donors (Lipinski definition) is 0. The zero-order valence-corrected chi connectivity index (χ0v) is 24.4. The molecule has 2 saturated heterocycles. The number of rotatable bonds is 4. The predicted octanol–water partition coefficient (Wildman–Crippen LogP) is 3.81. The van der Waals surface area contributed by atoms with Gasteiger partial charge in [-0.1, -0.05) is 15.9 Å². The second-order valence-corrected chi connectivity index (χ2v) is 12.4. The van der Waals surface area contributed by atoms with E-state index in [-0.39, 0.29) is 18.6 Å². The molecule has 0 bridgehead atoms. The van der Waals surface area contributed by atoms with Crippen LogP contribution in [0.15, 0.2) is 10.5 Å². The average Bonchev–Trinajstić information content (AvgIpc) is 2.81. The van der Waals surface area contributed by atoms with Crippen molar-refractivity contribution in [2.24, 2.45) is 0 Å². The number of nitrogens with zero attached hydrogens (tertiary/aromatic N) is 7. The van der Waals surface area contributed by atoms with Gasteiger partial charge in [-0.25, -0.2) is 9.78 Å². The number of piperazine rings is 1. The van der Waals surface area contributed by atoms with Crippen molar-refractivity contribution in [3.63, 3.8) is 0 Å². The second-order valence-electron chi connectivity index (χ2n) is 11.5. The summed E-state index contributed by atoms with van der Waals surface area (Å²) >= 11 is 3.75. The molecule has 3 aliphatic heterocycles. The number of carbonyl (C=O) groups excluding carboxylic acids is 1. The maximum Gasteiger partial charge on any atom is 0.410 e. The molecule has 0 N–H and O–H groups in total. The Morgan fingerprint density at radius 3 is 2.68 bits per heavy atom. The molecule has 0 aliphatic carbocycles. The highest BCUT2D eigenvalue weighted by molar-refractivity contribution is 9.10. The molecule has 2 fully saturated rings. The Kier molecular flexibility index (Phi) is 7.31. The summed E-state index contributed by atoms with van der Waals surface area (Å²) in [6.45, 7) is 9.43. The predicted molar refractivity (Wildman–Crippen MR) is 150 cm³/mol. The molecule has 1 aromatic carbocycles. The van der Waals surface area contributed by atoms with E-state index in [9.17, 15) is 10.1 Å². The van der Waals surface area contributed by atoms with Gasteiger partial charge >= 0.3 is 6.09 Å². The molecular formula is C27H36BrN7O3. The number of nitriles is 1. The third kappa shape index (κ3) is 5.21. The molecule has 5 rings (SSSR count). The molecule has 204 valence electrons. The van der Waals surface area contributed by atoms with Crippen molar-refractivity contribution in [1.82, 2.24) is 19.8 Å². The molecule has 11 heteroatoms. The van der Waals surface area contributed by atoms with Gasteiger partial charge < -0.3 is 29.1 Å². The molecule has 0 spiro atoms. The van der Waals surface area contributed by atoms with Crippen molar-refractivity contribution in [2.45, 2.75) is 57.7 Å². The number of amides is 1. The first-order chi connectivity index (χ1) is 18.1. The molecule has 0 radical (unpaired) electrons. The van der Waals surface area contributed by atoms with Crippen LogP contribution in [0.25, 0.3) is 10.9 Å². The summed E-state index contributed by atoms with van der Waals surface area (Å²) in [7, 11) is 4.18. The van der Waals surface area contributed by atoms with Crippen LogP contribution in [-0.2, 0) is 11.2 Å². The quantitative estimate of drug-likeness (QED) is 0.530. The standard InChI is InChI=1S/C27H36BrN7O3/c1-27(2,3)38-26(36)35-11-10-33(14-17(35)8-9-29)24-22-21(13-20(28)19-7-6-12-37-23(19)22)30-25(31-24)34-15-18(16-34)32(4)5/h13,17-18H,6-8,10-12,14-16H2,1-5H3/t17-/m0/s1. The first-order valence-corrected chi connectivity index (χ1v) is 14.0. The number of hydrogen-bond acceptors (Lipinski definition) is 9. The van der Waals surface area contributed by atoms with E-state index in [1.54, 1.807) is 4.90 Å². The molecule has 1 amide bonds. The summed E-state index contributed by atoms with van der Waals surface area (Å²) < 4.78 is 12.9. The van der Waals surface area contributed by atoms with Crippen molar-refractivity contribution >= 4 is 44.7 Å². The van der Waals surface area contributed by atoms with Crippen LogP contribution in [0.5, 0.6) is 5.75 Å². The number of fused-ring (bicyclic) bond motifs is 3. The van der Waals surface area contributed by atoms with Crippen LogP contribution in [-0.4, -0.2) is 97.0 Å². The fourth-order valence-electron chi connectivity index (χ4n) is 5.26. The number of carbonyl (C=O) groups is 1. The summed E-state index contributed by atoms with van der Waals surface area (Å²) in [5.74, 6) is 2.33. The summed E-state index contributed by atoms with van der Waals surface area (Å²) in [4.78, 5) is 31.4. The van der Waals surface area contributed by atoms with Crippen LogP contribution in [0.4, 0.5) is 16.6 Å². The maximum atomic E-state index is 13.0. The fraction of sp³-hybridized carbons (Fsp3) is 0.630. The van der Waals surface area contributed by atoms with Gasteiger partial charge in [0.2, 0.25) is 5.95 Å². The Labute approximate surface area is 232 Å². The molecule has 3 aliphatic rings. The molecule has 1 aromatic heterocycles. The molecule has 38 heavy (non-hydrogen) atoms. The number of likely N-dealkylation sites (N-methyl/N-ethyl adjacent to an activating group) is 1. The normalized spacial score (nSPS) is 20.2. The average molecular weight is 587 g/mol. The van der Waals surface area contributed by atoms with E-state index in [0.717, 1.165) is 58.4 Å². The van der Waals surface area contributed by atoms with E-state index in [0.29, 0.717) is 38.2 Å². The Balaban J connectivity index is 1.54. The van der Waals surface area contributed by atoms with Gasteiger partial charge in [-0.15, -0.1) is 0 Å². The van der Waals surface area contributed by atoms with Gasteiger partial charge in [0.05, 0.1) is 36.0 Å². The fourth-order valence-corrected chi connectivity index (χ4v) is 5.86. The number of halogens is 1. The third-order valence-electron chi connectivity index (χ3n) is 7.39. The summed E-state index contributed by atoms with van der Waals surface area (Å²) in [5.41, 5.74) is 1.37. The highest BCUT2D eigenvalue weighted by Gasteiger charge is 2.37. The maximum absolute atomic E-state index is 13.0. The number of anilines is 2. The monoisotopic (exact) mass is 585 g/mol. The van der Waals surface area contributed by atoms with Gasteiger partial charge in [0.25, 0.3) is 0 Å². The lowest BCUT2D eigenvalue weighted by Crippen LogP contribution is -2.58. The first-order valence-electron chi connectivity index (χ1n) is 13.2.